The van der Waals surface area contributed by atoms with Crippen molar-refractivity contribution in [3.05, 3.63) is 65.5 Å². The van der Waals surface area contributed by atoms with E-state index in [4.69, 9.17) is 19.3 Å². The van der Waals surface area contributed by atoms with Crippen LogP contribution in [0.1, 0.15) is 51.2 Å². The number of carbonyl (C=O) groups excluding carboxylic acids is 2. The highest BCUT2D eigenvalue weighted by atomic mass is 19.1. The third-order valence-corrected chi connectivity index (χ3v) is 5.36. The summed E-state index contributed by atoms with van der Waals surface area (Å²) in [5.41, 5.74) is -0.728. The molecule has 3 rings (SSSR count). The zero-order valence-corrected chi connectivity index (χ0v) is 20.9. The number of benzene rings is 2. The molecule has 2 N–H and O–H groups in total. The van der Waals surface area contributed by atoms with E-state index < -0.39 is 28.8 Å². The smallest absolute Gasteiger partial charge is 0.306 e. The number of carbonyl (C=O) groups is 2. The molecule has 0 radical (unpaired) electrons. The van der Waals surface area contributed by atoms with Crippen molar-refractivity contribution in [2.24, 2.45) is 4.99 Å². The molecule has 0 spiro atoms. The highest BCUT2D eigenvalue weighted by Gasteiger charge is 2.44. The number of hydrogen-bond acceptors (Lipinski definition) is 7. The van der Waals surface area contributed by atoms with Gasteiger partial charge < -0.3 is 24.6 Å². The molecule has 0 saturated carbocycles. The monoisotopic (exact) mass is 500 g/mol. The van der Waals surface area contributed by atoms with Crippen LogP contribution in [0.2, 0.25) is 0 Å². The number of aliphatic imine (C=N–C) groups is 1. The van der Waals surface area contributed by atoms with E-state index in [1.807, 2.05) is 0 Å². The summed E-state index contributed by atoms with van der Waals surface area (Å²) in [5.74, 6) is -0.339. The number of rotatable bonds is 11. The number of aliphatic hydroxyl groups excluding tert-OH is 1. The van der Waals surface area contributed by atoms with Crippen molar-refractivity contribution < 1.29 is 33.3 Å². The Morgan fingerprint density at radius 2 is 1.94 bits per heavy atom. The molecular weight excluding hydrogens is 467 g/mol. The second-order valence-corrected chi connectivity index (χ2v) is 9.59. The van der Waals surface area contributed by atoms with Gasteiger partial charge in [-0.2, -0.15) is 0 Å². The van der Waals surface area contributed by atoms with Gasteiger partial charge in [-0.05, 0) is 69.2 Å². The number of amides is 1. The van der Waals surface area contributed by atoms with E-state index in [0.717, 1.165) is 0 Å². The standard InChI is InChI=1S/C27H33FN2O6/c1-26(2,3)36-23(32)12-13-27(25(33)29-17-19-6-4-7-21(28)16-19)18-35-24(30-27)20-8-10-22(11-9-20)34-15-5-14-31/h4,6-11,16,31H,5,12-15,17-18H2,1-3H3,(H,29,33)/t27-/m1/s1. The van der Waals surface area contributed by atoms with E-state index in [-0.39, 0.29) is 38.5 Å². The maximum atomic E-state index is 13.5. The molecule has 0 unspecified atom stereocenters. The summed E-state index contributed by atoms with van der Waals surface area (Å²) < 4.78 is 30.3. The first-order valence-electron chi connectivity index (χ1n) is 11.9. The Balaban J connectivity index is 1.76. The molecule has 1 aliphatic rings. The molecule has 194 valence electrons. The summed E-state index contributed by atoms with van der Waals surface area (Å²) in [4.78, 5) is 30.3. The minimum atomic E-state index is -1.34. The van der Waals surface area contributed by atoms with E-state index in [2.05, 4.69) is 10.3 Å². The van der Waals surface area contributed by atoms with Gasteiger partial charge in [-0.3, -0.25) is 9.59 Å². The van der Waals surface area contributed by atoms with Gasteiger partial charge in [0, 0.05) is 31.6 Å². The Kier molecular flexibility index (Phi) is 9.03. The lowest BCUT2D eigenvalue weighted by molar-refractivity contribution is -0.155. The molecule has 9 heteroatoms. The molecule has 2 aromatic rings. The van der Waals surface area contributed by atoms with Gasteiger partial charge in [0.15, 0.2) is 5.54 Å². The fourth-order valence-electron chi connectivity index (χ4n) is 3.60. The summed E-state index contributed by atoms with van der Waals surface area (Å²) in [5, 5.41) is 11.7. The van der Waals surface area contributed by atoms with E-state index in [1.54, 1.807) is 57.2 Å². The predicted molar refractivity (Wildman–Crippen MR) is 132 cm³/mol. The average molecular weight is 501 g/mol. The molecule has 1 aliphatic heterocycles. The van der Waals surface area contributed by atoms with Crippen LogP contribution < -0.4 is 10.1 Å². The molecule has 0 aliphatic carbocycles. The molecule has 1 heterocycles. The minimum absolute atomic E-state index is 0.0254. The quantitative estimate of drug-likeness (QED) is 0.361. The lowest BCUT2D eigenvalue weighted by atomic mass is 9.94. The Bertz CT molecular complexity index is 1080. The molecule has 36 heavy (non-hydrogen) atoms. The van der Waals surface area contributed by atoms with Crippen LogP contribution in [0.5, 0.6) is 5.75 Å². The average Bonchev–Trinajstić information content (AvgIpc) is 3.27. The van der Waals surface area contributed by atoms with Gasteiger partial charge in [-0.15, -0.1) is 0 Å². The van der Waals surface area contributed by atoms with Crippen molar-refractivity contribution in [2.45, 2.75) is 57.7 Å². The lowest BCUT2D eigenvalue weighted by Crippen LogP contribution is -2.47. The van der Waals surface area contributed by atoms with Gasteiger partial charge in [-0.1, -0.05) is 12.1 Å². The first kappa shape index (κ1) is 27.1. The number of ether oxygens (including phenoxy) is 3. The maximum absolute atomic E-state index is 13.5. The number of hydrogen-bond donors (Lipinski definition) is 2. The summed E-state index contributed by atoms with van der Waals surface area (Å²) >= 11 is 0. The molecule has 8 nitrogen and oxygen atoms in total. The molecule has 0 fully saturated rings. The second kappa shape index (κ2) is 12.0. The van der Waals surface area contributed by atoms with Crippen molar-refractivity contribution in [2.75, 3.05) is 19.8 Å². The van der Waals surface area contributed by atoms with Gasteiger partial charge in [-0.25, -0.2) is 9.38 Å². The molecule has 0 bridgehead atoms. The Hall–Kier alpha value is -3.46. The van der Waals surface area contributed by atoms with E-state index in [9.17, 15) is 14.0 Å². The van der Waals surface area contributed by atoms with E-state index in [1.165, 1.54) is 12.1 Å². The van der Waals surface area contributed by atoms with Crippen LogP contribution in [-0.4, -0.2) is 53.8 Å². The molecule has 1 amide bonds. The van der Waals surface area contributed by atoms with Crippen LogP contribution in [0.3, 0.4) is 0 Å². The van der Waals surface area contributed by atoms with Gasteiger partial charge in [0.1, 0.15) is 23.8 Å². The van der Waals surface area contributed by atoms with Crippen LogP contribution in [0.4, 0.5) is 4.39 Å². The molecule has 0 aromatic heterocycles. The van der Waals surface area contributed by atoms with Crippen molar-refractivity contribution in [3.63, 3.8) is 0 Å². The fourth-order valence-corrected chi connectivity index (χ4v) is 3.60. The Labute approximate surface area is 210 Å². The van der Waals surface area contributed by atoms with Crippen molar-refractivity contribution in [1.82, 2.24) is 5.32 Å². The van der Waals surface area contributed by atoms with Crippen LogP contribution >= 0.6 is 0 Å². The minimum Gasteiger partial charge on any atom is -0.494 e. The summed E-state index contributed by atoms with van der Waals surface area (Å²) in [6.07, 6.45) is 0.591. The van der Waals surface area contributed by atoms with Gasteiger partial charge in [0.2, 0.25) is 5.90 Å². The SMILES string of the molecule is CC(C)(C)OC(=O)CC[C@]1(C(=O)NCc2cccc(F)c2)COC(c2ccc(OCCCO)cc2)=N1. The Morgan fingerprint density at radius 1 is 1.19 bits per heavy atom. The van der Waals surface area contributed by atoms with Crippen LogP contribution in [0.15, 0.2) is 53.5 Å². The van der Waals surface area contributed by atoms with Crippen LogP contribution in [0.25, 0.3) is 0 Å². The lowest BCUT2D eigenvalue weighted by Gasteiger charge is -2.24. The van der Waals surface area contributed by atoms with Gasteiger partial charge in [0.05, 0.1) is 6.61 Å². The second-order valence-electron chi connectivity index (χ2n) is 9.59. The van der Waals surface area contributed by atoms with Gasteiger partial charge >= 0.3 is 5.97 Å². The molecule has 2 aromatic carbocycles. The number of esters is 1. The maximum Gasteiger partial charge on any atom is 0.306 e. The van der Waals surface area contributed by atoms with Crippen LogP contribution in [0, 0.1) is 5.82 Å². The van der Waals surface area contributed by atoms with Crippen molar-refractivity contribution >= 4 is 17.8 Å². The zero-order valence-electron chi connectivity index (χ0n) is 20.9. The fraction of sp³-hybridized carbons (Fsp3) is 0.444. The van der Waals surface area contributed by atoms with Crippen LogP contribution in [-0.2, 0) is 25.6 Å². The first-order valence-corrected chi connectivity index (χ1v) is 11.9. The topological polar surface area (TPSA) is 106 Å². The highest BCUT2D eigenvalue weighted by Crippen LogP contribution is 2.29. The van der Waals surface area contributed by atoms with Gasteiger partial charge in [0.25, 0.3) is 5.91 Å². The zero-order chi connectivity index (χ0) is 26.2. The first-order chi connectivity index (χ1) is 17.1. The number of nitrogens with one attached hydrogen (secondary N) is 1. The Morgan fingerprint density at radius 3 is 2.61 bits per heavy atom. The van der Waals surface area contributed by atoms with E-state index in [0.29, 0.717) is 29.9 Å². The van der Waals surface area contributed by atoms with Crippen molar-refractivity contribution in [1.29, 1.82) is 0 Å². The highest BCUT2D eigenvalue weighted by molar-refractivity contribution is 6.00. The van der Waals surface area contributed by atoms with Crippen molar-refractivity contribution in [3.8, 4) is 5.75 Å². The third kappa shape index (κ3) is 7.78. The predicted octanol–water partition coefficient (Wildman–Crippen LogP) is 3.54. The summed E-state index contributed by atoms with van der Waals surface area (Å²) in [6.45, 7) is 5.84. The molecular formula is C27H33FN2O6. The normalized spacial score (nSPS) is 17.2. The van der Waals surface area contributed by atoms with E-state index >= 15 is 0 Å². The molecule has 1 atom stereocenters. The molecule has 0 saturated heterocycles. The largest absolute Gasteiger partial charge is 0.494 e. The number of aliphatic hydroxyl groups is 1. The number of halogens is 1. The summed E-state index contributed by atoms with van der Waals surface area (Å²) in [7, 11) is 0. The third-order valence-electron chi connectivity index (χ3n) is 5.36. The number of nitrogens with zero attached hydrogens (tertiary/aromatic N) is 1. The summed E-state index contributed by atoms with van der Waals surface area (Å²) in [6, 6.07) is 13.0.